The van der Waals surface area contributed by atoms with Crippen molar-refractivity contribution in [2.45, 2.75) is 225 Å². The largest absolute Gasteiger partial charge is 0.469 e. The van der Waals surface area contributed by atoms with E-state index in [1.165, 1.54) is 122 Å². The zero-order chi connectivity index (χ0) is 42.5. The molecule has 0 aliphatic rings. The van der Waals surface area contributed by atoms with E-state index in [0.717, 1.165) is 57.8 Å². The molecule has 0 fully saturated rings. The third-order valence-electron chi connectivity index (χ3n) is 9.99. The Morgan fingerprint density at radius 3 is 1.29 bits per heavy atom. The van der Waals surface area contributed by atoms with Crippen LogP contribution in [0, 0.1) is 0 Å². The van der Waals surface area contributed by atoms with Gasteiger partial charge in [0.1, 0.15) is 6.61 Å². The summed E-state index contributed by atoms with van der Waals surface area (Å²) in [6.07, 6.45) is 56.8. The Morgan fingerprint density at radius 2 is 0.828 bits per heavy atom. The monoisotopic (exact) mass is 835 g/mol. The van der Waals surface area contributed by atoms with Crippen molar-refractivity contribution < 1.29 is 37.9 Å². The topological polar surface area (TPSA) is 119 Å². The van der Waals surface area contributed by atoms with E-state index in [1.807, 2.05) is 0 Å². The van der Waals surface area contributed by atoms with Gasteiger partial charge in [0.2, 0.25) is 0 Å². The second-order valence-electron chi connectivity index (χ2n) is 15.7. The molecule has 0 unspecified atom stereocenters. The number of rotatable bonds is 43. The minimum absolute atomic E-state index is 0.167. The van der Waals surface area contributed by atoms with E-state index in [4.69, 9.17) is 19.3 Å². The van der Waals surface area contributed by atoms with E-state index < -0.39 is 32.5 Å². The number of ether oxygens (including phenoxy) is 2. The number of phosphoric acid groups is 1. The van der Waals surface area contributed by atoms with E-state index in [-0.39, 0.29) is 19.4 Å². The van der Waals surface area contributed by atoms with E-state index in [2.05, 4.69) is 79.1 Å². The van der Waals surface area contributed by atoms with Gasteiger partial charge in [-0.05, 0) is 70.6 Å². The molecule has 0 amide bonds. The first kappa shape index (κ1) is 55.8. The summed E-state index contributed by atoms with van der Waals surface area (Å²) >= 11 is 0. The van der Waals surface area contributed by atoms with E-state index in [1.54, 1.807) is 0 Å². The van der Waals surface area contributed by atoms with Crippen molar-refractivity contribution in [1.29, 1.82) is 0 Å². The molecule has 9 heteroatoms. The van der Waals surface area contributed by atoms with Gasteiger partial charge in [0, 0.05) is 12.8 Å². The number of esters is 2. The molecular formula is C49H87O8P. The molecule has 0 heterocycles. The molecule has 0 aliphatic heterocycles. The first-order valence-electron chi connectivity index (χ1n) is 23.6. The lowest BCUT2D eigenvalue weighted by molar-refractivity contribution is -0.161. The normalized spacial score (nSPS) is 13.0. The molecule has 0 saturated carbocycles. The second-order valence-corrected chi connectivity index (χ2v) is 17.0. The van der Waals surface area contributed by atoms with Gasteiger partial charge in [-0.3, -0.25) is 14.1 Å². The lowest BCUT2D eigenvalue weighted by atomic mass is 10.0. The molecular weight excluding hydrogens is 748 g/mol. The van der Waals surface area contributed by atoms with Crippen LogP contribution in [0.15, 0.2) is 60.8 Å². The molecule has 0 aromatic rings. The SMILES string of the molecule is CCC/C=C/C/C=C/C/C=C/C/C=C/CCCCCC(=O)O[C@H](COC(=O)CCC/C=C/CCCCCCCCCCCCCCCCCCCC)COP(=O)(O)O. The Bertz CT molecular complexity index is 1120. The van der Waals surface area contributed by atoms with Crippen LogP contribution in [0.5, 0.6) is 0 Å². The fourth-order valence-electron chi connectivity index (χ4n) is 6.49. The quantitative estimate of drug-likeness (QED) is 0.0270. The molecule has 0 aromatic heterocycles. The average Bonchev–Trinajstić information content (AvgIpc) is 3.20. The highest BCUT2D eigenvalue weighted by atomic mass is 31.2. The summed E-state index contributed by atoms with van der Waals surface area (Å²) < 4.78 is 26.4. The van der Waals surface area contributed by atoms with Crippen molar-refractivity contribution in [2.75, 3.05) is 13.2 Å². The third kappa shape index (κ3) is 46.4. The second kappa shape index (κ2) is 44.3. The van der Waals surface area contributed by atoms with Crippen LogP contribution in [0.25, 0.3) is 0 Å². The zero-order valence-corrected chi connectivity index (χ0v) is 38.1. The summed E-state index contributed by atoms with van der Waals surface area (Å²) in [5.74, 6) is -0.956. The standard InChI is InChI=1S/C49H87O8P/c1-3-5-7-9-11-13-15-17-19-21-22-23-24-25-26-28-29-31-33-35-37-39-41-43-48(50)55-45-47(46-56-58(52,53)54)57-49(51)44-42-40-38-36-34-32-30-27-20-18-16-14-12-10-8-6-4-2/h8,10,14,16,20,27,32,34-35,37,47H,3-7,9,11-13,15,17-19,21-26,28-31,33,36,38-46H2,1-2H3,(H2,52,53,54)/b10-8+,16-14+,27-20+,34-32+,37-35+/t47-/m1/s1. The van der Waals surface area contributed by atoms with Gasteiger partial charge in [-0.25, -0.2) is 4.57 Å². The minimum Gasteiger partial charge on any atom is -0.462 e. The number of carbonyl (C=O) groups excluding carboxylic acids is 2. The van der Waals surface area contributed by atoms with Crippen molar-refractivity contribution in [2.24, 2.45) is 0 Å². The number of carbonyl (C=O) groups is 2. The molecule has 0 bridgehead atoms. The predicted octanol–water partition coefficient (Wildman–Crippen LogP) is 14.9. The van der Waals surface area contributed by atoms with Gasteiger partial charge in [-0.15, -0.1) is 0 Å². The van der Waals surface area contributed by atoms with Crippen LogP contribution < -0.4 is 0 Å². The summed E-state index contributed by atoms with van der Waals surface area (Å²) in [5, 5.41) is 0. The van der Waals surface area contributed by atoms with E-state index in [9.17, 15) is 14.2 Å². The summed E-state index contributed by atoms with van der Waals surface area (Å²) in [6, 6.07) is 0. The van der Waals surface area contributed by atoms with Gasteiger partial charge in [0.05, 0.1) is 6.61 Å². The van der Waals surface area contributed by atoms with Gasteiger partial charge in [0.15, 0.2) is 6.10 Å². The Hall–Kier alpha value is -2.25. The number of allylic oxidation sites excluding steroid dienone is 10. The number of phosphoric ester groups is 1. The first-order valence-corrected chi connectivity index (χ1v) is 25.1. The minimum atomic E-state index is -4.77. The molecule has 0 aliphatic carbocycles. The first-order chi connectivity index (χ1) is 28.3. The molecule has 0 radical (unpaired) electrons. The molecule has 0 saturated heterocycles. The maximum atomic E-state index is 12.4. The molecule has 0 spiro atoms. The molecule has 0 rings (SSSR count). The van der Waals surface area contributed by atoms with Gasteiger partial charge >= 0.3 is 19.8 Å². The molecule has 58 heavy (non-hydrogen) atoms. The lowest BCUT2D eigenvalue weighted by Gasteiger charge is -2.18. The van der Waals surface area contributed by atoms with E-state index in [0.29, 0.717) is 12.8 Å². The highest BCUT2D eigenvalue weighted by molar-refractivity contribution is 7.46. The van der Waals surface area contributed by atoms with Gasteiger partial charge < -0.3 is 19.3 Å². The lowest BCUT2D eigenvalue weighted by Crippen LogP contribution is -2.29. The molecule has 336 valence electrons. The number of unbranched alkanes of at least 4 members (excludes halogenated alkanes) is 23. The highest BCUT2D eigenvalue weighted by Crippen LogP contribution is 2.36. The van der Waals surface area contributed by atoms with Crippen molar-refractivity contribution in [3.8, 4) is 0 Å². The van der Waals surface area contributed by atoms with Crippen molar-refractivity contribution in [1.82, 2.24) is 0 Å². The third-order valence-corrected chi connectivity index (χ3v) is 10.5. The van der Waals surface area contributed by atoms with Crippen LogP contribution in [-0.2, 0) is 28.2 Å². The van der Waals surface area contributed by atoms with Crippen LogP contribution in [0.2, 0.25) is 0 Å². The molecule has 0 aromatic carbocycles. The maximum Gasteiger partial charge on any atom is 0.469 e. The Morgan fingerprint density at radius 1 is 0.448 bits per heavy atom. The Balaban J connectivity index is 3.91. The highest BCUT2D eigenvalue weighted by Gasteiger charge is 2.22. The Labute approximate surface area is 356 Å². The zero-order valence-electron chi connectivity index (χ0n) is 37.2. The van der Waals surface area contributed by atoms with Crippen LogP contribution in [0.1, 0.15) is 219 Å². The summed E-state index contributed by atoms with van der Waals surface area (Å²) in [5.41, 5.74) is 0. The van der Waals surface area contributed by atoms with Crippen LogP contribution in [0.4, 0.5) is 0 Å². The van der Waals surface area contributed by atoms with Crippen molar-refractivity contribution in [3.05, 3.63) is 60.8 Å². The van der Waals surface area contributed by atoms with Crippen molar-refractivity contribution >= 4 is 19.8 Å². The molecule has 1 atom stereocenters. The average molecular weight is 835 g/mol. The van der Waals surface area contributed by atoms with Crippen molar-refractivity contribution in [3.63, 3.8) is 0 Å². The number of hydrogen-bond donors (Lipinski definition) is 2. The van der Waals surface area contributed by atoms with Gasteiger partial charge in [-0.1, -0.05) is 197 Å². The fourth-order valence-corrected chi connectivity index (χ4v) is 6.85. The Kier molecular flexibility index (Phi) is 42.6. The summed E-state index contributed by atoms with van der Waals surface area (Å²) in [4.78, 5) is 42.9. The predicted molar refractivity (Wildman–Crippen MR) is 244 cm³/mol. The van der Waals surface area contributed by atoms with Gasteiger partial charge in [0.25, 0.3) is 0 Å². The maximum absolute atomic E-state index is 12.4. The number of hydrogen-bond acceptors (Lipinski definition) is 6. The van der Waals surface area contributed by atoms with Crippen LogP contribution >= 0.6 is 7.82 Å². The van der Waals surface area contributed by atoms with Crippen LogP contribution in [-0.4, -0.2) is 41.0 Å². The smallest absolute Gasteiger partial charge is 0.462 e. The van der Waals surface area contributed by atoms with E-state index >= 15 is 0 Å². The fraction of sp³-hybridized carbons (Fsp3) is 0.755. The summed E-state index contributed by atoms with van der Waals surface area (Å²) in [6.45, 7) is 3.59. The summed E-state index contributed by atoms with van der Waals surface area (Å²) in [7, 11) is -4.77. The molecule has 2 N–H and O–H groups in total. The van der Waals surface area contributed by atoms with Crippen LogP contribution in [0.3, 0.4) is 0 Å². The van der Waals surface area contributed by atoms with Gasteiger partial charge in [-0.2, -0.15) is 0 Å². The molecule has 8 nitrogen and oxygen atoms in total.